The monoisotopic (exact) mass is 201 g/mol. The largest absolute Gasteiger partial charge is 0.395 e. The van der Waals surface area contributed by atoms with Crippen LogP contribution >= 0.6 is 0 Å². The zero-order valence-corrected chi connectivity index (χ0v) is 9.55. The summed E-state index contributed by atoms with van der Waals surface area (Å²) < 4.78 is 5.84. The highest BCUT2D eigenvalue weighted by atomic mass is 16.5. The van der Waals surface area contributed by atoms with E-state index < -0.39 is 0 Å². The van der Waals surface area contributed by atoms with E-state index in [0.29, 0.717) is 6.10 Å². The van der Waals surface area contributed by atoms with Crippen LogP contribution in [-0.2, 0) is 4.74 Å². The summed E-state index contributed by atoms with van der Waals surface area (Å²) in [5, 5.41) is 12.3. The molecule has 2 atom stereocenters. The molecule has 1 rings (SSSR count). The molecule has 0 aromatic heterocycles. The van der Waals surface area contributed by atoms with Crippen LogP contribution in [0, 0.1) is 0 Å². The van der Waals surface area contributed by atoms with Crippen molar-refractivity contribution in [1.29, 1.82) is 0 Å². The third-order valence-corrected chi connectivity index (χ3v) is 2.90. The molecule has 2 N–H and O–H groups in total. The number of aliphatic hydroxyl groups excluding tert-OH is 1. The molecule has 0 amide bonds. The summed E-state index contributed by atoms with van der Waals surface area (Å²) in [6.07, 6.45) is 3.55. The van der Waals surface area contributed by atoms with Gasteiger partial charge in [0.2, 0.25) is 0 Å². The highest BCUT2D eigenvalue weighted by Gasteiger charge is 2.31. The lowest BCUT2D eigenvalue weighted by atomic mass is 10.1. The minimum Gasteiger partial charge on any atom is -0.395 e. The van der Waals surface area contributed by atoms with Gasteiger partial charge in [-0.2, -0.15) is 0 Å². The lowest BCUT2D eigenvalue weighted by Crippen LogP contribution is -2.38. The molecule has 0 aliphatic carbocycles. The second kappa shape index (κ2) is 5.10. The number of rotatable bonds is 5. The van der Waals surface area contributed by atoms with Crippen molar-refractivity contribution in [2.24, 2.45) is 0 Å². The summed E-state index contributed by atoms with van der Waals surface area (Å²) >= 11 is 0. The number of ether oxygens (including phenoxy) is 1. The van der Waals surface area contributed by atoms with Crippen molar-refractivity contribution in [2.75, 3.05) is 13.2 Å². The van der Waals surface area contributed by atoms with Crippen LogP contribution < -0.4 is 5.32 Å². The summed E-state index contributed by atoms with van der Waals surface area (Å²) in [5.74, 6) is 0. The highest BCUT2D eigenvalue weighted by Crippen LogP contribution is 2.28. The molecule has 3 nitrogen and oxygen atoms in total. The van der Waals surface area contributed by atoms with Crippen LogP contribution in [0.25, 0.3) is 0 Å². The van der Waals surface area contributed by atoms with Gasteiger partial charge in [0.05, 0.1) is 18.3 Å². The van der Waals surface area contributed by atoms with Gasteiger partial charge in [0, 0.05) is 12.6 Å². The van der Waals surface area contributed by atoms with Crippen molar-refractivity contribution in [3.8, 4) is 0 Å². The summed E-state index contributed by atoms with van der Waals surface area (Å²) in [4.78, 5) is 0. The molecule has 0 saturated carbocycles. The summed E-state index contributed by atoms with van der Waals surface area (Å²) in [5.41, 5.74) is 0.0489. The molecule has 0 bridgehead atoms. The lowest BCUT2D eigenvalue weighted by Gasteiger charge is -2.21. The summed E-state index contributed by atoms with van der Waals surface area (Å²) in [6, 6.07) is 0.224. The molecule has 3 heteroatoms. The fourth-order valence-corrected chi connectivity index (χ4v) is 1.86. The van der Waals surface area contributed by atoms with E-state index in [0.717, 1.165) is 25.8 Å². The normalized spacial score (nSPS) is 27.9. The molecule has 1 aliphatic rings. The van der Waals surface area contributed by atoms with Crippen LogP contribution in [0.15, 0.2) is 0 Å². The van der Waals surface area contributed by atoms with Crippen LogP contribution in [0.1, 0.15) is 40.0 Å². The molecule has 1 aliphatic heterocycles. The maximum Gasteiger partial charge on any atom is 0.0707 e. The van der Waals surface area contributed by atoms with Crippen molar-refractivity contribution < 1.29 is 9.84 Å². The van der Waals surface area contributed by atoms with Crippen molar-refractivity contribution in [3.63, 3.8) is 0 Å². The van der Waals surface area contributed by atoms with Gasteiger partial charge in [-0.25, -0.2) is 0 Å². The molecule has 0 radical (unpaired) electrons. The third-order valence-electron chi connectivity index (χ3n) is 2.90. The minimum absolute atomic E-state index is 0.0489. The second-order valence-corrected chi connectivity index (χ2v) is 4.73. The number of hydrogen-bond acceptors (Lipinski definition) is 3. The topological polar surface area (TPSA) is 41.5 Å². The van der Waals surface area contributed by atoms with E-state index in [1.165, 1.54) is 0 Å². The van der Waals surface area contributed by atoms with Gasteiger partial charge in [0.15, 0.2) is 0 Å². The predicted octanol–water partition coefficient (Wildman–Crippen LogP) is 1.30. The zero-order valence-electron chi connectivity index (χ0n) is 9.55. The Hall–Kier alpha value is -0.120. The van der Waals surface area contributed by atoms with E-state index in [2.05, 4.69) is 26.1 Å². The maximum atomic E-state index is 9.00. The molecular weight excluding hydrogens is 178 g/mol. The third kappa shape index (κ3) is 3.56. The molecule has 0 aromatic carbocycles. The van der Waals surface area contributed by atoms with Crippen LogP contribution in [0.5, 0.6) is 0 Å². The van der Waals surface area contributed by atoms with E-state index in [4.69, 9.17) is 9.84 Å². The SMILES string of the molecule is CCC(CO)NCC1CCC(C)(C)O1. The summed E-state index contributed by atoms with van der Waals surface area (Å²) in [6.45, 7) is 7.43. The van der Waals surface area contributed by atoms with E-state index in [-0.39, 0.29) is 18.2 Å². The molecule has 0 spiro atoms. The van der Waals surface area contributed by atoms with Crippen molar-refractivity contribution in [2.45, 2.75) is 57.8 Å². The molecule has 0 aromatic rings. The summed E-state index contributed by atoms with van der Waals surface area (Å²) in [7, 11) is 0. The number of nitrogens with one attached hydrogen (secondary N) is 1. The van der Waals surface area contributed by atoms with Gasteiger partial charge in [0.1, 0.15) is 0 Å². The van der Waals surface area contributed by atoms with Crippen LogP contribution in [0.2, 0.25) is 0 Å². The smallest absolute Gasteiger partial charge is 0.0707 e. The van der Waals surface area contributed by atoms with Crippen molar-refractivity contribution in [1.82, 2.24) is 5.32 Å². The van der Waals surface area contributed by atoms with Crippen molar-refractivity contribution in [3.05, 3.63) is 0 Å². The molecular formula is C11H23NO2. The molecule has 1 saturated heterocycles. The van der Waals surface area contributed by atoms with Crippen molar-refractivity contribution >= 4 is 0 Å². The molecule has 2 unspecified atom stereocenters. The molecule has 84 valence electrons. The molecule has 14 heavy (non-hydrogen) atoms. The maximum absolute atomic E-state index is 9.00. The Morgan fingerprint density at radius 2 is 2.29 bits per heavy atom. The van der Waals surface area contributed by atoms with Gasteiger partial charge in [-0.05, 0) is 33.1 Å². The van der Waals surface area contributed by atoms with E-state index in [9.17, 15) is 0 Å². The van der Waals surface area contributed by atoms with Crippen LogP contribution in [-0.4, -0.2) is 36.0 Å². The van der Waals surface area contributed by atoms with Gasteiger partial charge in [-0.1, -0.05) is 6.92 Å². The van der Waals surface area contributed by atoms with Gasteiger partial charge in [-0.15, -0.1) is 0 Å². The van der Waals surface area contributed by atoms with E-state index in [1.807, 2.05) is 0 Å². The molecule has 1 fully saturated rings. The van der Waals surface area contributed by atoms with Gasteiger partial charge in [-0.3, -0.25) is 0 Å². The van der Waals surface area contributed by atoms with Gasteiger partial charge >= 0.3 is 0 Å². The van der Waals surface area contributed by atoms with Gasteiger partial charge < -0.3 is 15.2 Å². The Morgan fingerprint density at radius 1 is 1.57 bits per heavy atom. The Morgan fingerprint density at radius 3 is 2.71 bits per heavy atom. The Labute approximate surface area is 86.8 Å². The van der Waals surface area contributed by atoms with Crippen LogP contribution in [0.3, 0.4) is 0 Å². The standard InChI is InChI=1S/C11H23NO2/c1-4-9(8-13)12-7-10-5-6-11(2,3)14-10/h9-10,12-13H,4-8H2,1-3H3. The van der Waals surface area contributed by atoms with Crippen LogP contribution in [0.4, 0.5) is 0 Å². The average Bonchev–Trinajstić information content (AvgIpc) is 2.47. The highest BCUT2D eigenvalue weighted by molar-refractivity contribution is 4.82. The first kappa shape index (κ1) is 12.0. The quantitative estimate of drug-likeness (QED) is 0.704. The zero-order chi connectivity index (χ0) is 10.6. The Balaban J connectivity index is 2.20. The average molecular weight is 201 g/mol. The predicted molar refractivity (Wildman–Crippen MR) is 57.4 cm³/mol. The Kier molecular flexibility index (Phi) is 4.35. The fourth-order valence-electron chi connectivity index (χ4n) is 1.86. The van der Waals surface area contributed by atoms with E-state index in [1.54, 1.807) is 0 Å². The Bertz CT molecular complexity index is 167. The first-order chi connectivity index (χ1) is 6.57. The first-order valence-corrected chi connectivity index (χ1v) is 5.59. The van der Waals surface area contributed by atoms with E-state index >= 15 is 0 Å². The number of hydrogen-bond donors (Lipinski definition) is 2. The number of aliphatic hydroxyl groups is 1. The molecule has 1 heterocycles. The van der Waals surface area contributed by atoms with Gasteiger partial charge in [0.25, 0.3) is 0 Å². The minimum atomic E-state index is 0.0489. The lowest BCUT2D eigenvalue weighted by molar-refractivity contribution is -0.0157. The first-order valence-electron chi connectivity index (χ1n) is 5.59. The second-order valence-electron chi connectivity index (χ2n) is 4.73. The fraction of sp³-hybridized carbons (Fsp3) is 1.00.